The molecule has 1 N–H and O–H groups in total. The minimum atomic E-state index is -0.438. The van der Waals surface area contributed by atoms with Gasteiger partial charge in [0, 0.05) is 23.3 Å². The van der Waals surface area contributed by atoms with Crippen molar-refractivity contribution in [1.82, 2.24) is 10.2 Å². The molecule has 2 fully saturated rings. The smallest absolute Gasteiger partial charge is 0.255 e. The van der Waals surface area contributed by atoms with Crippen LogP contribution in [-0.4, -0.2) is 54.1 Å². The van der Waals surface area contributed by atoms with Gasteiger partial charge in [0.2, 0.25) is 5.91 Å². The molecule has 2 amide bonds. The SMILES string of the molecule is O=C(NCC1(c2ccc3c(c2)OCCO3)CCCC1)[C@@H]1CSCN1C(=O)c1ccccc1. The fraction of sp³-hybridized carbons (Fsp3) is 0.440. The minimum Gasteiger partial charge on any atom is -0.486 e. The summed E-state index contributed by atoms with van der Waals surface area (Å²) in [4.78, 5) is 27.8. The first-order valence-electron chi connectivity index (χ1n) is 11.3. The van der Waals surface area contributed by atoms with Crippen LogP contribution >= 0.6 is 11.8 Å². The van der Waals surface area contributed by atoms with Gasteiger partial charge in [0.1, 0.15) is 19.3 Å². The first kappa shape index (κ1) is 21.2. The Morgan fingerprint density at radius 3 is 2.56 bits per heavy atom. The highest BCUT2D eigenvalue weighted by atomic mass is 32.2. The van der Waals surface area contributed by atoms with Crippen LogP contribution in [0.4, 0.5) is 0 Å². The van der Waals surface area contributed by atoms with Gasteiger partial charge >= 0.3 is 0 Å². The molecule has 1 atom stereocenters. The van der Waals surface area contributed by atoms with Gasteiger partial charge in [-0.15, -0.1) is 11.8 Å². The van der Waals surface area contributed by atoms with Gasteiger partial charge in [-0.2, -0.15) is 0 Å². The highest BCUT2D eigenvalue weighted by Gasteiger charge is 2.39. The van der Waals surface area contributed by atoms with Crippen molar-refractivity contribution in [2.75, 3.05) is 31.4 Å². The van der Waals surface area contributed by atoms with Gasteiger partial charge < -0.3 is 19.7 Å². The average Bonchev–Trinajstić information content (AvgIpc) is 3.53. The fourth-order valence-electron chi connectivity index (χ4n) is 4.97. The van der Waals surface area contributed by atoms with Crippen molar-refractivity contribution in [3.8, 4) is 11.5 Å². The van der Waals surface area contributed by atoms with E-state index in [1.807, 2.05) is 24.3 Å². The summed E-state index contributed by atoms with van der Waals surface area (Å²) in [5.41, 5.74) is 1.71. The normalized spacial score (nSPS) is 21.4. The van der Waals surface area contributed by atoms with Crippen molar-refractivity contribution < 1.29 is 19.1 Å². The molecule has 2 aliphatic heterocycles. The van der Waals surface area contributed by atoms with Gasteiger partial charge in [-0.3, -0.25) is 9.59 Å². The number of hydrogen-bond acceptors (Lipinski definition) is 5. The van der Waals surface area contributed by atoms with Gasteiger partial charge in [-0.25, -0.2) is 0 Å². The number of ether oxygens (including phenoxy) is 2. The van der Waals surface area contributed by atoms with Crippen LogP contribution in [-0.2, 0) is 10.2 Å². The van der Waals surface area contributed by atoms with E-state index in [-0.39, 0.29) is 17.2 Å². The fourth-order valence-corrected chi connectivity index (χ4v) is 6.13. The van der Waals surface area contributed by atoms with Crippen molar-refractivity contribution in [3.63, 3.8) is 0 Å². The quantitative estimate of drug-likeness (QED) is 0.751. The molecule has 1 saturated carbocycles. The summed E-state index contributed by atoms with van der Waals surface area (Å²) in [6, 6.07) is 14.9. The van der Waals surface area contributed by atoms with Crippen LogP contribution < -0.4 is 14.8 Å². The van der Waals surface area contributed by atoms with Crippen molar-refractivity contribution in [1.29, 1.82) is 0 Å². The molecule has 6 nitrogen and oxygen atoms in total. The number of carbonyl (C=O) groups is 2. The van der Waals surface area contributed by atoms with Gasteiger partial charge in [0.15, 0.2) is 11.5 Å². The molecule has 0 bridgehead atoms. The molecule has 0 unspecified atom stereocenters. The van der Waals surface area contributed by atoms with Crippen LogP contribution in [0.15, 0.2) is 48.5 Å². The summed E-state index contributed by atoms with van der Waals surface area (Å²) in [5, 5.41) is 3.20. The van der Waals surface area contributed by atoms with Gasteiger partial charge in [0.05, 0.1) is 5.88 Å². The standard InChI is InChI=1S/C25H28N2O4S/c28-23(20-15-32-17-27(20)24(29)18-6-2-1-3-7-18)26-16-25(10-4-5-11-25)19-8-9-21-22(14-19)31-13-12-30-21/h1-3,6-9,14,20H,4-5,10-13,15-17H2,(H,26,28)/t20-/m0/s1. The largest absolute Gasteiger partial charge is 0.486 e. The molecule has 1 aliphatic carbocycles. The predicted molar refractivity (Wildman–Crippen MR) is 124 cm³/mol. The van der Waals surface area contributed by atoms with Crippen LogP contribution in [0.25, 0.3) is 0 Å². The van der Waals surface area contributed by atoms with E-state index in [1.165, 1.54) is 5.56 Å². The first-order valence-corrected chi connectivity index (χ1v) is 12.4. The van der Waals surface area contributed by atoms with E-state index in [2.05, 4.69) is 17.4 Å². The number of carbonyl (C=O) groups excluding carboxylic acids is 2. The maximum atomic E-state index is 13.2. The molecule has 2 aromatic rings. The third-order valence-electron chi connectivity index (χ3n) is 6.78. The maximum Gasteiger partial charge on any atom is 0.255 e. The molecular formula is C25H28N2O4S. The molecule has 7 heteroatoms. The lowest BCUT2D eigenvalue weighted by Crippen LogP contribution is -2.50. The van der Waals surface area contributed by atoms with Gasteiger partial charge in [0.25, 0.3) is 5.91 Å². The zero-order valence-corrected chi connectivity index (χ0v) is 18.9. The Balaban J connectivity index is 1.30. The Morgan fingerprint density at radius 2 is 1.78 bits per heavy atom. The van der Waals surface area contributed by atoms with Crippen LogP contribution in [0.3, 0.4) is 0 Å². The van der Waals surface area contributed by atoms with E-state index < -0.39 is 6.04 Å². The van der Waals surface area contributed by atoms with Crippen molar-refractivity contribution in [2.24, 2.45) is 0 Å². The molecule has 168 valence electrons. The number of nitrogens with zero attached hydrogens (tertiary/aromatic N) is 1. The van der Waals surface area contributed by atoms with Crippen LogP contribution in [0.2, 0.25) is 0 Å². The molecule has 5 rings (SSSR count). The number of thioether (sulfide) groups is 1. The molecule has 3 aliphatic rings. The Morgan fingerprint density at radius 1 is 1.03 bits per heavy atom. The van der Waals surface area contributed by atoms with E-state index in [4.69, 9.17) is 9.47 Å². The van der Waals surface area contributed by atoms with Crippen LogP contribution in [0, 0.1) is 0 Å². The second-order valence-electron chi connectivity index (χ2n) is 8.72. The summed E-state index contributed by atoms with van der Waals surface area (Å²) in [7, 11) is 0. The highest BCUT2D eigenvalue weighted by molar-refractivity contribution is 7.99. The molecule has 0 radical (unpaired) electrons. The zero-order valence-electron chi connectivity index (χ0n) is 18.0. The van der Waals surface area contributed by atoms with Gasteiger partial charge in [-0.1, -0.05) is 37.1 Å². The van der Waals surface area contributed by atoms with E-state index in [0.717, 1.165) is 37.2 Å². The minimum absolute atomic E-state index is 0.0666. The Hall–Kier alpha value is -2.67. The monoisotopic (exact) mass is 452 g/mol. The average molecular weight is 453 g/mol. The first-order chi connectivity index (χ1) is 15.7. The Bertz CT molecular complexity index is 991. The van der Waals surface area contributed by atoms with E-state index in [1.54, 1.807) is 28.8 Å². The lowest BCUT2D eigenvalue weighted by molar-refractivity contribution is -0.124. The summed E-state index contributed by atoms with van der Waals surface area (Å²) >= 11 is 1.62. The molecule has 1 saturated heterocycles. The predicted octanol–water partition coefficient (Wildman–Crippen LogP) is 3.60. The number of amides is 2. The number of rotatable bonds is 5. The Labute approximate surface area is 192 Å². The van der Waals surface area contributed by atoms with E-state index in [0.29, 0.717) is 37.0 Å². The number of fused-ring (bicyclic) bond motifs is 1. The number of hydrogen-bond donors (Lipinski definition) is 1. The highest BCUT2D eigenvalue weighted by Crippen LogP contribution is 2.44. The summed E-state index contributed by atoms with van der Waals surface area (Å²) < 4.78 is 11.5. The second-order valence-corrected chi connectivity index (χ2v) is 9.72. The molecule has 2 heterocycles. The van der Waals surface area contributed by atoms with Crippen molar-refractivity contribution in [2.45, 2.75) is 37.1 Å². The molecule has 2 aromatic carbocycles. The molecule has 0 aromatic heterocycles. The topological polar surface area (TPSA) is 67.9 Å². The lowest BCUT2D eigenvalue weighted by atomic mass is 9.78. The summed E-state index contributed by atoms with van der Waals surface area (Å²) in [6.45, 7) is 1.70. The van der Waals surface area contributed by atoms with Crippen molar-refractivity contribution >= 4 is 23.6 Å². The molecule has 32 heavy (non-hydrogen) atoms. The van der Waals surface area contributed by atoms with E-state index >= 15 is 0 Å². The zero-order chi connectivity index (χ0) is 22.0. The molecule has 0 spiro atoms. The lowest BCUT2D eigenvalue weighted by Gasteiger charge is -2.32. The van der Waals surface area contributed by atoms with Crippen LogP contribution in [0.5, 0.6) is 11.5 Å². The third kappa shape index (κ3) is 4.06. The molecular weight excluding hydrogens is 424 g/mol. The summed E-state index contributed by atoms with van der Waals surface area (Å²) in [5.74, 6) is 2.59. The third-order valence-corrected chi connectivity index (χ3v) is 7.79. The number of benzene rings is 2. The number of nitrogens with one attached hydrogen (secondary N) is 1. The van der Waals surface area contributed by atoms with E-state index in [9.17, 15) is 9.59 Å². The van der Waals surface area contributed by atoms with Crippen molar-refractivity contribution in [3.05, 3.63) is 59.7 Å². The van der Waals surface area contributed by atoms with Crippen LogP contribution in [0.1, 0.15) is 41.6 Å². The van der Waals surface area contributed by atoms with Gasteiger partial charge in [-0.05, 0) is 42.7 Å². The second kappa shape index (κ2) is 9.06. The Kier molecular flexibility index (Phi) is 6.00. The maximum absolute atomic E-state index is 13.2. The summed E-state index contributed by atoms with van der Waals surface area (Å²) in [6.07, 6.45) is 4.34.